The van der Waals surface area contributed by atoms with Crippen molar-refractivity contribution in [3.8, 4) is 17.3 Å². The third kappa shape index (κ3) is 3.37. The van der Waals surface area contributed by atoms with Crippen LogP contribution in [-0.4, -0.2) is 19.9 Å². The molecule has 0 saturated heterocycles. The maximum absolute atomic E-state index is 14.3. The zero-order valence-corrected chi connectivity index (χ0v) is 16.4. The quantitative estimate of drug-likeness (QED) is 0.529. The number of hydrogen-bond donors (Lipinski definition) is 2. The predicted octanol–water partition coefficient (Wildman–Crippen LogP) is 4.16. The van der Waals surface area contributed by atoms with E-state index in [9.17, 15) is 9.65 Å². The number of nitrogens with one attached hydrogen (secondary N) is 1. The van der Waals surface area contributed by atoms with E-state index in [4.69, 9.17) is 5.73 Å². The molecule has 3 heterocycles. The summed E-state index contributed by atoms with van der Waals surface area (Å²) < 4.78 is 14.3. The lowest BCUT2D eigenvalue weighted by atomic mass is 9.94. The fraction of sp³-hybridized carbons (Fsp3) is 0.136. The van der Waals surface area contributed by atoms with Gasteiger partial charge in [0.1, 0.15) is 35.4 Å². The Labute approximate surface area is 172 Å². The molecule has 3 aromatic heterocycles. The number of aromatic nitrogens is 4. The average Bonchev–Trinajstić information content (AvgIpc) is 2.73. The van der Waals surface area contributed by atoms with Crippen LogP contribution in [-0.2, 0) is 0 Å². The van der Waals surface area contributed by atoms with Crippen molar-refractivity contribution in [1.82, 2.24) is 19.9 Å². The van der Waals surface area contributed by atoms with Crippen LogP contribution in [0.4, 0.5) is 16.0 Å². The molecule has 4 aromatic rings. The molecule has 1 aromatic carbocycles. The molecule has 0 amide bonds. The highest BCUT2D eigenvalue weighted by molar-refractivity contribution is 5.97. The summed E-state index contributed by atoms with van der Waals surface area (Å²) in [6.45, 7) is 3.73. The summed E-state index contributed by atoms with van der Waals surface area (Å²) in [6.07, 6.45) is 4.72. The molecule has 0 fully saturated rings. The summed E-state index contributed by atoms with van der Waals surface area (Å²) in [5.41, 5.74) is 9.66. The molecule has 0 saturated carbocycles. The van der Waals surface area contributed by atoms with Gasteiger partial charge >= 0.3 is 0 Å². The Balaban J connectivity index is 1.91. The van der Waals surface area contributed by atoms with Crippen LogP contribution in [0.1, 0.15) is 29.7 Å². The fourth-order valence-corrected chi connectivity index (χ4v) is 3.48. The van der Waals surface area contributed by atoms with E-state index < -0.39 is 0 Å². The van der Waals surface area contributed by atoms with E-state index in [-0.39, 0.29) is 23.2 Å². The van der Waals surface area contributed by atoms with E-state index in [1.807, 2.05) is 38.1 Å². The molecule has 0 radical (unpaired) electrons. The Hall–Kier alpha value is -4.12. The van der Waals surface area contributed by atoms with Crippen molar-refractivity contribution in [2.75, 3.05) is 11.1 Å². The molecule has 30 heavy (non-hydrogen) atoms. The van der Waals surface area contributed by atoms with Crippen molar-refractivity contribution in [1.29, 1.82) is 5.26 Å². The van der Waals surface area contributed by atoms with E-state index in [2.05, 4.69) is 25.3 Å². The number of nitrogen functional groups attached to an aromatic ring is 1. The minimum atomic E-state index is -0.341. The molecule has 0 spiro atoms. The van der Waals surface area contributed by atoms with E-state index >= 15 is 0 Å². The highest BCUT2D eigenvalue weighted by Crippen LogP contribution is 2.36. The maximum Gasteiger partial charge on any atom is 0.150 e. The van der Waals surface area contributed by atoms with Crippen LogP contribution in [0, 0.1) is 24.1 Å². The van der Waals surface area contributed by atoms with Crippen molar-refractivity contribution in [2.45, 2.75) is 19.9 Å². The molecule has 3 N–H and O–H groups in total. The number of benzene rings is 1. The smallest absolute Gasteiger partial charge is 0.150 e. The number of halogens is 1. The van der Waals surface area contributed by atoms with Crippen molar-refractivity contribution >= 4 is 22.5 Å². The van der Waals surface area contributed by atoms with Crippen molar-refractivity contribution in [3.05, 3.63) is 71.6 Å². The second-order valence-corrected chi connectivity index (χ2v) is 6.88. The lowest BCUT2D eigenvalue weighted by molar-refractivity contribution is 0.628. The Kier molecular flexibility index (Phi) is 4.94. The molecule has 4 rings (SSSR count). The van der Waals surface area contributed by atoms with E-state index in [1.54, 1.807) is 12.4 Å². The fourth-order valence-electron chi connectivity index (χ4n) is 3.48. The molecule has 7 nitrogen and oxygen atoms in total. The Morgan fingerprint density at radius 3 is 2.73 bits per heavy atom. The molecule has 0 aliphatic heterocycles. The van der Waals surface area contributed by atoms with Gasteiger partial charge in [-0.15, -0.1) is 0 Å². The number of fused-ring (bicyclic) bond motifs is 1. The Morgan fingerprint density at radius 2 is 2.00 bits per heavy atom. The summed E-state index contributed by atoms with van der Waals surface area (Å²) >= 11 is 0. The van der Waals surface area contributed by atoms with Gasteiger partial charge in [-0.1, -0.05) is 6.07 Å². The first kappa shape index (κ1) is 19.2. The number of hydrogen-bond acceptors (Lipinski definition) is 7. The summed E-state index contributed by atoms with van der Waals surface area (Å²) in [5.74, 6) is 0.0774. The number of anilines is 2. The highest BCUT2D eigenvalue weighted by atomic mass is 19.1. The third-order valence-corrected chi connectivity index (χ3v) is 4.89. The molecular weight excluding hydrogens is 381 g/mol. The second-order valence-electron chi connectivity index (χ2n) is 6.88. The second kappa shape index (κ2) is 7.72. The van der Waals surface area contributed by atoms with Gasteiger partial charge in [0.05, 0.1) is 17.3 Å². The number of rotatable bonds is 4. The number of nitrogens with two attached hydrogens (primary N) is 1. The monoisotopic (exact) mass is 399 g/mol. The van der Waals surface area contributed by atoms with Gasteiger partial charge in [-0.2, -0.15) is 5.26 Å². The maximum atomic E-state index is 14.3. The molecule has 0 aliphatic carbocycles. The largest absolute Gasteiger partial charge is 0.382 e. The van der Waals surface area contributed by atoms with Crippen molar-refractivity contribution in [3.63, 3.8) is 0 Å². The van der Waals surface area contributed by atoms with Gasteiger partial charge in [-0.25, -0.2) is 14.4 Å². The number of nitriles is 1. The lowest BCUT2D eigenvalue weighted by Gasteiger charge is -2.20. The predicted molar refractivity (Wildman–Crippen MR) is 113 cm³/mol. The zero-order chi connectivity index (χ0) is 21.3. The molecular formula is C22H18FN7. The van der Waals surface area contributed by atoms with Crippen molar-refractivity contribution in [2.24, 2.45) is 0 Å². The number of aryl methyl sites for hydroxylation is 1. The molecule has 0 aliphatic rings. The number of nitrogens with zero attached hydrogens (tertiary/aromatic N) is 5. The van der Waals surface area contributed by atoms with E-state index in [0.29, 0.717) is 22.4 Å². The van der Waals surface area contributed by atoms with Crippen LogP contribution in [0.2, 0.25) is 0 Å². The minimum Gasteiger partial charge on any atom is -0.382 e. The van der Waals surface area contributed by atoms with Crippen LogP contribution in [0.3, 0.4) is 0 Å². The SMILES string of the molecule is Cc1cc(F)cc2c(-c3ccccn3)c(C(C)Nc3ncnc(N)c3C#N)cnc12. The molecule has 0 bridgehead atoms. The minimum absolute atomic E-state index is 0.0986. The topological polar surface area (TPSA) is 113 Å². The van der Waals surface area contributed by atoms with Gasteiger partial charge in [0, 0.05) is 28.9 Å². The van der Waals surface area contributed by atoms with Crippen LogP contribution < -0.4 is 11.1 Å². The first-order valence-corrected chi connectivity index (χ1v) is 9.27. The van der Waals surface area contributed by atoms with Gasteiger partial charge in [0.2, 0.25) is 0 Å². The normalized spacial score (nSPS) is 11.8. The van der Waals surface area contributed by atoms with Crippen LogP contribution >= 0.6 is 0 Å². The zero-order valence-electron chi connectivity index (χ0n) is 16.4. The highest BCUT2D eigenvalue weighted by Gasteiger charge is 2.20. The van der Waals surface area contributed by atoms with Gasteiger partial charge in [-0.05, 0) is 43.7 Å². The first-order valence-electron chi connectivity index (χ1n) is 9.27. The van der Waals surface area contributed by atoms with Crippen molar-refractivity contribution < 1.29 is 4.39 Å². The molecule has 148 valence electrons. The number of pyridine rings is 2. The summed E-state index contributed by atoms with van der Waals surface area (Å²) in [4.78, 5) is 17.1. The summed E-state index contributed by atoms with van der Waals surface area (Å²) in [5, 5.41) is 13.3. The standard InChI is InChI=1S/C22H18FN7/c1-12-7-14(23)8-15-19(18-5-3-4-6-26-18)17(10-27-20(12)15)13(2)30-22-16(9-24)21(25)28-11-29-22/h3-8,10-11,13H,1-2H3,(H3,25,28,29,30). The van der Waals surface area contributed by atoms with Crippen LogP contribution in [0.15, 0.2) is 49.1 Å². The van der Waals surface area contributed by atoms with Gasteiger partial charge in [0.15, 0.2) is 0 Å². The lowest BCUT2D eigenvalue weighted by Crippen LogP contribution is -2.13. The average molecular weight is 399 g/mol. The summed E-state index contributed by atoms with van der Waals surface area (Å²) in [7, 11) is 0. The van der Waals surface area contributed by atoms with Gasteiger partial charge < -0.3 is 11.1 Å². The third-order valence-electron chi connectivity index (χ3n) is 4.89. The Bertz CT molecular complexity index is 1280. The molecule has 1 unspecified atom stereocenters. The molecule has 1 atom stereocenters. The summed E-state index contributed by atoms with van der Waals surface area (Å²) in [6, 6.07) is 10.2. The first-order chi connectivity index (χ1) is 14.5. The molecule has 8 heteroatoms. The Morgan fingerprint density at radius 1 is 1.17 bits per heavy atom. The van der Waals surface area contributed by atoms with Gasteiger partial charge in [-0.3, -0.25) is 9.97 Å². The van der Waals surface area contributed by atoms with Crippen LogP contribution in [0.5, 0.6) is 0 Å². The van der Waals surface area contributed by atoms with Crippen LogP contribution in [0.25, 0.3) is 22.2 Å². The van der Waals surface area contributed by atoms with E-state index in [0.717, 1.165) is 16.7 Å². The van der Waals surface area contributed by atoms with Gasteiger partial charge in [0.25, 0.3) is 0 Å². The van der Waals surface area contributed by atoms with E-state index in [1.165, 1.54) is 18.5 Å².